The molecule has 0 saturated carbocycles. The largest absolute Gasteiger partial charge is 0.768 e. The van der Waals surface area contributed by atoms with Gasteiger partial charge in [0.25, 0.3) is 0 Å². The lowest BCUT2D eigenvalue weighted by Gasteiger charge is -2.19. The van der Waals surface area contributed by atoms with Crippen molar-refractivity contribution in [3.63, 3.8) is 0 Å². The minimum Gasteiger partial charge on any atom is -0.768 e. The monoisotopic (exact) mass is 574 g/mol. The van der Waals surface area contributed by atoms with Crippen LogP contribution in [0.15, 0.2) is 78.2 Å². The normalized spacial score (nSPS) is 15.1. The first kappa shape index (κ1) is 23.9. The summed E-state index contributed by atoms with van der Waals surface area (Å²) in [5, 5.41) is 17.6. The summed E-state index contributed by atoms with van der Waals surface area (Å²) >= 11 is 0.113. The van der Waals surface area contributed by atoms with E-state index in [1.807, 2.05) is 28.8 Å². The third kappa shape index (κ3) is 5.46. The summed E-state index contributed by atoms with van der Waals surface area (Å²) < 4.78 is 24.8. The Morgan fingerprint density at radius 2 is 1.97 bits per heavy atom. The molecule has 0 saturated heterocycles. The first-order chi connectivity index (χ1) is 16.0. The molecule has 172 valence electrons. The fourth-order valence-electron chi connectivity index (χ4n) is 4.01. The molecule has 2 heterocycles. The van der Waals surface area contributed by atoms with E-state index in [-0.39, 0.29) is 10.8 Å². The molecule has 2 N–H and O–H groups in total. The van der Waals surface area contributed by atoms with E-state index in [0.717, 1.165) is 43.7 Å². The molecule has 0 aliphatic heterocycles. The van der Waals surface area contributed by atoms with Crippen LogP contribution in [0.5, 0.6) is 0 Å². The van der Waals surface area contributed by atoms with E-state index in [1.165, 1.54) is 0 Å². The number of hydrogen-bond donors (Lipinski definition) is 2. The number of aliphatic hydroxyl groups is 1. The summed E-state index contributed by atoms with van der Waals surface area (Å²) in [5.74, 6) is 0.0875. The average molecular weight is 574 g/mol. The van der Waals surface area contributed by atoms with E-state index in [4.69, 9.17) is 0 Å². The van der Waals surface area contributed by atoms with Crippen LogP contribution in [0.2, 0.25) is 0 Å². The average Bonchev–Trinajstić information content (AvgIpc) is 3.40. The molecule has 0 fully saturated rings. The molecule has 3 atom stereocenters. The number of halogens is 1. The van der Waals surface area contributed by atoms with E-state index in [1.54, 1.807) is 30.6 Å². The highest BCUT2D eigenvalue weighted by Crippen LogP contribution is 2.19. The zero-order valence-electron chi connectivity index (χ0n) is 18.0. The van der Waals surface area contributed by atoms with Gasteiger partial charge in [0.05, 0.1) is 29.5 Å². The van der Waals surface area contributed by atoms with Gasteiger partial charge in [-0.1, -0.05) is 65.6 Å². The Kier molecular flexibility index (Phi) is 7.79. The zero-order valence-corrected chi connectivity index (χ0v) is 21.0. The van der Waals surface area contributed by atoms with Crippen molar-refractivity contribution in [1.82, 2.24) is 14.7 Å². The van der Waals surface area contributed by atoms with Crippen molar-refractivity contribution >= 4 is 56.0 Å². The third-order valence-corrected chi connectivity index (χ3v) is 7.60. The maximum atomic E-state index is 11.0. The molecule has 0 spiro atoms. The van der Waals surface area contributed by atoms with Crippen molar-refractivity contribution in [1.29, 1.82) is 0 Å². The molecule has 6 nitrogen and oxygen atoms in total. The Morgan fingerprint density at radius 1 is 1.24 bits per heavy atom. The second-order valence-corrected chi connectivity index (χ2v) is 9.85. The highest BCUT2D eigenvalue weighted by Gasteiger charge is 2.17. The van der Waals surface area contributed by atoms with E-state index < -0.39 is 17.2 Å². The number of aromatic nitrogens is 2. The van der Waals surface area contributed by atoms with E-state index in [0.29, 0.717) is 13.0 Å². The molecule has 2 aromatic carbocycles. The first-order valence-electron chi connectivity index (χ1n) is 10.7. The highest BCUT2D eigenvalue weighted by atomic mass is 127. The summed E-state index contributed by atoms with van der Waals surface area (Å²) in [5.41, 5.74) is 2.90. The Hall–Kier alpha value is -2.27. The molecule has 3 unspecified atom stereocenters. The minimum absolute atomic E-state index is 0.0875. The lowest BCUT2D eigenvalue weighted by atomic mass is 10.00. The summed E-state index contributed by atoms with van der Waals surface area (Å²) in [6.45, 7) is 4.78. The molecular formula is C25H25IN3O3S-. The standard InChI is InChI=1S/C25H26IN3O3S/c1-17(12-18-6-8-20(9-7-18)33(31)32)28-11-10-19(14-26)25(30)13-23-21-4-2-3-5-22(21)24-15-27-16-29(23)24/h2-9,13,15-16,19,25,28,30H,1,10-12,14H2,(H,31,32)/p-1/b23-13+. The number of alkyl halides is 1. The van der Waals surface area contributed by atoms with Gasteiger partial charge in [-0.2, -0.15) is 0 Å². The van der Waals surface area contributed by atoms with Crippen LogP contribution in [0.25, 0.3) is 22.4 Å². The van der Waals surface area contributed by atoms with Gasteiger partial charge in [0.15, 0.2) is 0 Å². The predicted molar refractivity (Wildman–Crippen MR) is 140 cm³/mol. The molecule has 0 radical (unpaired) electrons. The predicted octanol–water partition coefficient (Wildman–Crippen LogP) is 3.37. The smallest absolute Gasteiger partial charge is 0.0997 e. The van der Waals surface area contributed by atoms with Crippen LogP contribution in [0.1, 0.15) is 12.0 Å². The van der Waals surface area contributed by atoms with Crippen LogP contribution in [-0.4, -0.2) is 40.3 Å². The van der Waals surface area contributed by atoms with E-state index in [9.17, 15) is 13.9 Å². The van der Waals surface area contributed by atoms with Crippen molar-refractivity contribution in [3.8, 4) is 0 Å². The molecule has 0 aliphatic rings. The van der Waals surface area contributed by atoms with E-state index >= 15 is 0 Å². The summed E-state index contributed by atoms with van der Waals surface area (Å²) in [6.07, 6.45) is 6.41. The van der Waals surface area contributed by atoms with Gasteiger partial charge >= 0.3 is 0 Å². The Morgan fingerprint density at radius 3 is 2.67 bits per heavy atom. The second-order valence-electron chi connectivity index (χ2n) is 8.03. The number of allylic oxidation sites excluding steroid dienone is 1. The van der Waals surface area contributed by atoms with Crippen molar-refractivity contribution in [2.24, 2.45) is 5.92 Å². The fourth-order valence-corrected chi connectivity index (χ4v) is 5.33. The van der Waals surface area contributed by atoms with Crippen LogP contribution in [-0.2, 0) is 17.5 Å². The molecule has 4 rings (SSSR count). The number of nitrogens with one attached hydrogen (secondary N) is 1. The van der Waals surface area contributed by atoms with Gasteiger partial charge in [-0.25, -0.2) is 4.98 Å². The van der Waals surface area contributed by atoms with Gasteiger partial charge in [0.2, 0.25) is 0 Å². The van der Waals surface area contributed by atoms with Crippen LogP contribution >= 0.6 is 22.6 Å². The van der Waals surface area contributed by atoms with E-state index in [2.05, 4.69) is 51.6 Å². The highest BCUT2D eigenvalue weighted by molar-refractivity contribution is 14.1. The maximum Gasteiger partial charge on any atom is 0.0997 e. The van der Waals surface area contributed by atoms with Crippen LogP contribution in [0.4, 0.5) is 0 Å². The maximum absolute atomic E-state index is 11.0. The summed E-state index contributed by atoms with van der Waals surface area (Å²) in [6, 6.07) is 15.0. The molecular weight excluding hydrogens is 549 g/mol. The number of hydrogen-bond acceptors (Lipinski definition) is 5. The van der Waals surface area contributed by atoms with Crippen molar-refractivity contribution in [2.45, 2.75) is 23.8 Å². The van der Waals surface area contributed by atoms with Crippen LogP contribution in [0.3, 0.4) is 0 Å². The fraction of sp³-hybridized carbons (Fsp3) is 0.240. The molecule has 4 aromatic rings. The van der Waals surface area contributed by atoms with Crippen molar-refractivity contribution in [3.05, 3.63) is 84.2 Å². The molecule has 0 bridgehead atoms. The summed E-state index contributed by atoms with van der Waals surface area (Å²) in [4.78, 5) is 4.55. The number of aliphatic hydroxyl groups excluding tert-OH is 1. The van der Waals surface area contributed by atoms with Gasteiger partial charge < -0.3 is 15.0 Å². The van der Waals surface area contributed by atoms with Crippen molar-refractivity contribution < 1.29 is 13.9 Å². The molecule has 8 heteroatoms. The van der Waals surface area contributed by atoms with Gasteiger partial charge in [-0.3, -0.25) is 8.61 Å². The number of nitrogens with zero attached hydrogens (tertiary/aromatic N) is 2. The molecule has 0 aliphatic carbocycles. The van der Waals surface area contributed by atoms with Crippen LogP contribution in [0, 0.1) is 5.92 Å². The van der Waals surface area contributed by atoms with Gasteiger partial charge in [-0.05, 0) is 47.2 Å². The number of benzene rings is 2. The SMILES string of the molecule is C=C(Cc1ccc(S(=O)[O-])cc1)NCCC(CI)C(O)/C=c1\c2ccccc2c2cncn12. The molecule has 33 heavy (non-hydrogen) atoms. The Labute approximate surface area is 208 Å². The first-order valence-corrected chi connectivity index (χ1v) is 13.3. The molecule has 2 aromatic heterocycles. The molecule has 0 amide bonds. The summed E-state index contributed by atoms with van der Waals surface area (Å²) in [7, 11) is 0. The number of rotatable bonds is 10. The topological polar surface area (TPSA) is 89.7 Å². The Balaban J connectivity index is 1.39. The number of imidazole rings is 1. The lowest BCUT2D eigenvalue weighted by Crippen LogP contribution is -2.27. The quantitative estimate of drug-likeness (QED) is 0.172. The van der Waals surface area contributed by atoms with Gasteiger partial charge in [0, 0.05) is 38.8 Å². The Bertz CT molecular complexity index is 1340. The van der Waals surface area contributed by atoms with Crippen molar-refractivity contribution in [2.75, 3.05) is 11.0 Å². The second kappa shape index (κ2) is 10.8. The van der Waals surface area contributed by atoms with Gasteiger partial charge in [-0.15, -0.1) is 0 Å². The third-order valence-electron chi connectivity index (χ3n) is 5.81. The van der Waals surface area contributed by atoms with Crippen LogP contribution < -0.4 is 10.7 Å². The minimum atomic E-state index is -2.21. The number of fused-ring (bicyclic) bond motifs is 3. The van der Waals surface area contributed by atoms with Gasteiger partial charge in [0.1, 0.15) is 0 Å². The zero-order chi connectivity index (χ0) is 23.4. The lowest BCUT2D eigenvalue weighted by molar-refractivity contribution is 0.175.